The molecule has 0 aromatic carbocycles. The molecule has 0 heterocycles. The van der Waals surface area contributed by atoms with Crippen LogP contribution < -0.4 is 5.32 Å². The molecule has 0 aliphatic rings. The van der Waals surface area contributed by atoms with Crippen LogP contribution in [0, 0.1) is 17.2 Å². The number of nitrogens with one attached hydrogen (secondary N) is 1. The van der Waals surface area contributed by atoms with Gasteiger partial charge >= 0.3 is 5.97 Å². The van der Waals surface area contributed by atoms with Crippen molar-refractivity contribution in [3.05, 3.63) is 0 Å². The maximum absolute atomic E-state index is 11.6. The SMILES string of the molecule is COC(=O)[C@@H](CCCCC#N)NC(=O)CC(C)C. The van der Waals surface area contributed by atoms with Gasteiger partial charge in [-0.1, -0.05) is 13.8 Å². The molecule has 0 aromatic rings. The van der Waals surface area contributed by atoms with E-state index in [2.05, 4.69) is 10.1 Å². The Bertz CT molecular complexity index is 308. The van der Waals surface area contributed by atoms with Gasteiger partial charge in [0, 0.05) is 12.8 Å². The molecule has 0 saturated heterocycles. The fraction of sp³-hybridized carbons (Fsp3) is 0.769. The Kier molecular flexibility index (Phi) is 8.63. The number of hydrogen-bond donors (Lipinski definition) is 1. The highest BCUT2D eigenvalue weighted by Gasteiger charge is 2.21. The Morgan fingerprint density at radius 1 is 1.33 bits per heavy atom. The largest absolute Gasteiger partial charge is 0.467 e. The van der Waals surface area contributed by atoms with Gasteiger partial charge in [-0.3, -0.25) is 4.79 Å². The number of nitriles is 1. The molecular weight excluding hydrogens is 232 g/mol. The molecule has 1 N–H and O–H groups in total. The van der Waals surface area contributed by atoms with Crippen LogP contribution >= 0.6 is 0 Å². The molecule has 0 aliphatic carbocycles. The van der Waals surface area contributed by atoms with Crippen LogP contribution in [0.15, 0.2) is 0 Å². The fourth-order valence-electron chi connectivity index (χ4n) is 1.57. The van der Waals surface area contributed by atoms with Crippen molar-refractivity contribution in [2.45, 2.75) is 52.0 Å². The molecule has 0 spiro atoms. The van der Waals surface area contributed by atoms with E-state index in [1.54, 1.807) is 0 Å². The summed E-state index contributed by atoms with van der Waals surface area (Å²) in [6, 6.07) is 1.45. The number of esters is 1. The Morgan fingerprint density at radius 3 is 2.50 bits per heavy atom. The second-order valence-corrected chi connectivity index (χ2v) is 4.65. The maximum Gasteiger partial charge on any atom is 0.328 e. The third-order valence-electron chi connectivity index (χ3n) is 2.45. The second kappa shape index (κ2) is 9.46. The molecule has 102 valence electrons. The number of carbonyl (C=O) groups is 2. The van der Waals surface area contributed by atoms with Crippen molar-refractivity contribution < 1.29 is 14.3 Å². The zero-order valence-corrected chi connectivity index (χ0v) is 11.4. The van der Waals surface area contributed by atoms with E-state index in [9.17, 15) is 9.59 Å². The molecule has 0 radical (unpaired) electrons. The van der Waals surface area contributed by atoms with E-state index in [0.29, 0.717) is 19.3 Å². The standard InChI is InChI=1S/C13H22N2O3/c1-10(2)9-12(16)15-11(13(17)18-3)7-5-4-6-8-14/h10-11H,4-7,9H2,1-3H3,(H,15,16)/t11-/m1/s1. The zero-order chi connectivity index (χ0) is 14.0. The van der Waals surface area contributed by atoms with Crippen molar-refractivity contribution in [1.82, 2.24) is 5.32 Å². The third kappa shape index (κ3) is 7.66. The van der Waals surface area contributed by atoms with Gasteiger partial charge in [0.2, 0.25) is 5.91 Å². The first-order valence-corrected chi connectivity index (χ1v) is 6.25. The van der Waals surface area contributed by atoms with Gasteiger partial charge in [-0.15, -0.1) is 0 Å². The van der Waals surface area contributed by atoms with E-state index in [0.717, 1.165) is 12.8 Å². The van der Waals surface area contributed by atoms with E-state index in [4.69, 9.17) is 5.26 Å². The van der Waals surface area contributed by atoms with E-state index < -0.39 is 12.0 Å². The lowest BCUT2D eigenvalue weighted by atomic mass is 10.1. The summed E-state index contributed by atoms with van der Waals surface area (Å²) in [5.41, 5.74) is 0. The molecule has 0 fully saturated rings. The molecular formula is C13H22N2O3. The summed E-state index contributed by atoms with van der Waals surface area (Å²) < 4.78 is 4.66. The summed E-state index contributed by atoms with van der Waals surface area (Å²) in [6.45, 7) is 3.89. The van der Waals surface area contributed by atoms with Gasteiger partial charge < -0.3 is 10.1 Å². The van der Waals surface area contributed by atoms with Crippen LogP contribution in [0.1, 0.15) is 46.0 Å². The zero-order valence-electron chi connectivity index (χ0n) is 11.4. The average molecular weight is 254 g/mol. The molecule has 0 rings (SSSR count). The Balaban J connectivity index is 4.19. The van der Waals surface area contributed by atoms with Crippen LogP contribution in [0.2, 0.25) is 0 Å². The molecule has 18 heavy (non-hydrogen) atoms. The maximum atomic E-state index is 11.6. The highest BCUT2D eigenvalue weighted by atomic mass is 16.5. The number of methoxy groups -OCH3 is 1. The van der Waals surface area contributed by atoms with Crippen LogP contribution in [-0.2, 0) is 14.3 Å². The van der Waals surface area contributed by atoms with E-state index in [1.807, 2.05) is 19.9 Å². The monoisotopic (exact) mass is 254 g/mol. The minimum atomic E-state index is -0.597. The van der Waals surface area contributed by atoms with Crippen LogP contribution in [0.25, 0.3) is 0 Å². The molecule has 0 bridgehead atoms. The predicted octanol–water partition coefficient (Wildman–Crippen LogP) is 1.77. The lowest BCUT2D eigenvalue weighted by Crippen LogP contribution is -2.41. The Hall–Kier alpha value is -1.57. The summed E-state index contributed by atoms with van der Waals surface area (Å²) in [7, 11) is 1.30. The molecule has 1 amide bonds. The quantitative estimate of drug-likeness (QED) is 0.529. The number of ether oxygens (including phenoxy) is 1. The Morgan fingerprint density at radius 2 is 2.00 bits per heavy atom. The lowest BCUT2D eigenvalue weighted by Gasteiger charge is -2.16. The van der Waals surface area contributed by atoms with Crippen LogP contribution in [0.3, 0.4) is 0 Å². The van der Waals surface area contributed by atoms with Gasteiger partial charge in [0.05, 0.1) is 13.2 Å². The highest BCUT2D eigenvalue weighted by molar-refractivity contribution is 5.84. The van der Waals surface area contributed by atoms with Crippen molar-refractivity contribution >= 4 is 11.9 Å². The number of carbonyl (C=O) groups excluding carboxylic acids is 2. The summed E-state index contributed by atoms with van der Waals surface area (Å²) in [5.74, 6) is -0.313. The first kappa shape index (κ1) is 16.4. The first-order valence-electron chi connectivity index (χ1n) is 6.25. The highest BCUT2D eigenvalue weighted by Crippen LogP contribution is 2.06. The molecule has 0 saturated carbocycles. The summed E-state index contributed by atoms with van der Waals surface area (Å²) in [5, 5.41) is 11.1. The fourth-order valence-corrected chi connectivity index (χ4v) is 1.57. The van der Waals surface area contributed by atoms with Crippen LogP contribution in [-0.4, -0.2) is 25.0 Å². The molecule has 1 atom stereocenters. The first-order chi connectivity index (χ1) is 8.51. The van der Waals surface area contributed by atoms with Crippen molar-refractivity contribution in [2.75, 3.05) is 7.11 Å². The Labute approximate surface area is 108 Å². The van der Waals surface area contributed by atoms with E-state index in [-0.39, 0.29) is 11.8 Å². The molecule has 0 unspecified atom stereocenters. The topological polar surface area (TPSA) is 79.2 Å². The molecule has 5 nitrogen and oxygen atoms in total. The average Bonchev–Trinajstić information content (AvgIpc) is 2.31. The van der Waals surface area contributed by atoms with E-state index in [1.165, 1.54) is 7.11 Å². The summed E-state index contributed by atoms with van der Waals surface area (Å²) in [6.07, 6.45) is 2.82. The van der Waals surface area contributed by atoms with Crippen LogP contribution in [0.4, 0.5) is 0 Å². The number of nitrogens with zero attached hydrogens (tertiary/aromatic N) is 1. The van der Waals surface area contributed by atoms with Gasteiger partial charge in [0.25, 0.3) is 0 Å². The smallest absolute Gasteiger partial charge is 0.328 e. The number of unbranched alkanes of at least 4 members (excludes halogenated alkanes) is 2. The third-order valence-corrected chi connectivity index (χ3v) is 2.45. The normalized spacial score (nSPS) is 11.7. The predicted molar refractivity (Wildman–Crippen MR) is 67.5 cm³/mol. The van der Waals surface area contributed by atoms with E-state index >= 15 is 0 Å². The molecule has 5 heteroatoms. The van der Waals surface area contributed by atoms with Crippen LogP contribution in [0.5, 0.6) is 0 Å². The van der Waals surface area contributed by atoms with Gasteiger partial charge in [-0.05, 0) is 25.2 Å². The molecule has 0 aromatic heterocycles. The lowest BCUT2D eigenvalue weighted by molar-refractivity contribution is -0.145. The van der Waals surface area contributed by atoms with Gasteiger partial charge in [-0.25, -0.2) is 4.79 Å². The number of amides is 1. The van der Waals surface area contributed by atoms with Crippen molar-refractivity contribution in [3.8, 4) is 6.07 Å². The molecule has 0 aliphatic heterocycles. The van der Waals surface area contributed by atoms with Crippen molar-refractivity contribution in [2.24, 2.45) is 5.92 Å². The van der Waals surface area contributed by atoms with Crippen molar-refractivity contribution in [3.63, 3.8) is 0 Å². The second-order valence-electron chi connectivity index (χ2n) is 4.65. The number of hydrogen-bond acceptors (Lipinski definition) is 4. The number of rotatable bonds is 8. The summed E-state index contributed by atoms with van der Waals surface area (Å²) >= 11 is 0. The van der Waals surface area contributed by atoms with Gasteiger partial charge in [0.15, 0.2) is 0 Å². The summed E-state index contributed by atoms with van der Waals surface area (Å²) in [4.78, 5) is 23.1. The minimum Gasteiger partial charge on any atom is -0.467 e. The van der Waals surface area contributed by atoms with Crippen molar-refractivity contribution in [1.29, 1.82) is 5.26 Å². The van der Waals surface area contributed by atoms with Gasteiger partial charge in [-0.2, -0.15) is 5.26 Å². The van der Waals surface area contributed by atoms with Gasteiger partial charge in [0.1, 0.15) is 6.04 Å². The minimum absolute atomic E-state index is 0.138.